The third-order valence-corrected chi connectivity index (χ3v) is 1.31. The number of hydrogen-bond donors (Lipinski definition) is 0. The van der Waals surface area contributed by atoms with Crippen LogP contribution in [0.5, 0.6) is 0 Å². The summed E-state index contributed by atoms with van der Waals surface area (Å²) < 4.78 is 36.8. The minimum absolute atomic E-state index is 0.921. The van der Waals surface area contributed by atoms with Crippen molar-refractivity contribution >= 4 is 0 Å². The summed E-state index contributed by atoms with van der Waals surface area (Å²) >= 11 is 0. The van der Waals surface area contributed by atoms with Crippen LogP contribution in [0.3, 0.4) is 0 Å². The molecule has 0 aliphatic rings. The van der Waals surface area contributed by atoms with E-state index in [9.17, 15) is 13.2 Å². The van der Waals surface area contributed by atoms with Crippen molar-refractivity contribution in [1.82, 2.24) is 9.78 Å². The highest BCUT2D eigenvalue weighted by Crippen LogP contribution is 2.15. The van der Waals surface area contributed by atoms with Gasteiger partial charge < -0.3 is 0 Å². The summed E-state index contributed by atoms with van der Waals surface area (Å²) in [5.41, 5.74) is 0. The van der Waals surface area contributed by atoms with Gasteiger partial charge in [0.05, 0.1) is 0 Å². The molecule has 2 nitrogen and oxygen atoms in total. The Bertz CT molecular complexity index is 198. The smallest absolute Gasteiger partial charge is 0.261 e. The first kappa shape index (κ1) is 8.10. The van der Waals surface area contributed by atoms with Crippen molar-refractivity contribution in [3.63, 3.8) is 0 Å². The van der Waals surface area contributed by atoms with Crippen LogP contribution in [0.1, 0.15) is 6.04 Å². The minimum Gasteiger partial charge on any atom is -0.261 e. The maximum atomic E-state index is 12.0. The van der Waals surface area contributed by atoms with Crippen LogP contribution < -0.4 is 0 Å². The van der Waals surface area contributed by atoms with E-state index < -0.39 is 19.1 Å². The predicted octanol–water partition coefficient (Wildman–Crippen LogP) is 1.66. The molecule has 0 aliphatic heterocycles. The van der Waals surface area contributed by atoms with E-state index in [0.717, 1.165) is 4.68 Å². The SMILES string of the molecule is FCC(C(F)F)n1cccn1. The Morgan fingerprint density at radius 2 is 2.18 bits per heavy atom. The van der Waals surface area contributed by atoms with Gasteiger partial charge >= 0.3 is 0 Å². The summed E-state index contributed by atoms with van der Waals surface area (Å²) in [6, 6.07) is 0.0374. The fourth-order valence-corrected chi connectivity index (χ4v) is 0.730. The number of rotatable bonds is 3. The van der Waals surface area contributed by atoms with Crippen LogP contribution in [0.4, 0.5) is 13.2 Å². The van der Waals surface area contributed by atoms with Crippen LogP contribution in [0.2, 0.25) is 0 Å². The molecule has 1 heterocycles. The van der Waals surface area contributed by atoms with Gasteiger partial charge in [0.15, 0.2) is 0 Å². The topological polar surface area (TPSA) is 17.8 Å². The molecule has 0 aliphatic carbocycles. The first-order valence-electron chi connectivity index (χ1n) is 3.09. The van der Waals surface area contributed by atoms with Crippen molar-refractivity contribution in [2.45, 2.75) is 12.5 Å². The predicted molar refractivity (Wildman–Crippen MR) is 33.2 cm³/mol. The Kier molecular flexibility index (Phi) is 2.51. The van der Waals surface area contributed by atoms with Crippen LogP contribution in [0.25, 0.3) is 0 Å². The maximum Gasteiger partial charge on any atom is 0.263 e. The number of alkyl halides is 3. The van der Waals surface area contributed by atoms with E-state index in [2.05, 4.69) is 5.10 Å². The van der Waals surface area contributed by atoms with Crippen LogP contribution in [-0.2, 0) is 0 Å². The first-order valence-corrected chi connectivity index (χ1v) is 3.09. The lowest BCUT2D eigenvalue weighted by Crippen LogP contribution is -2.19. The molecule has 1 aromatic rings. The summed E-state index contributed by atoms with van der Waals surface area (Å²) in [6.45, 7) is -1.10. The lowest BCUT2D eigenvalue weighted by atomic mass is 10.3. The van der Waals surface area contributed by atoms with E-state index in [1.807, 2.05) is 0 Å². The van der Waals surface area contributed by atoms with Gasteiger partial charge in [-0.25, -0.2) is 13.2 Å². The molecule has 11 heavy (non-hydrogen) atoms. The van der Waals surface area contributed by atoms with Gasteiger partial charge in [-0.05, 0) is 6.07 Å². The molecular formula is C6H7F3N2. The van der Waals surface area contributed by atoms with Gasteiger partial charge in [-0.1, -0.05) is 0 Å². The Morgan fingerprint density at radius 1 is 1.45 bits per heavy atom. The number of nitrogens with zero attached hydrogens (tertiary/aromatic N) is 2. The van der Waals surface area contributed by atoms with Crippen LogP contribution >= 0.6 is 0 Å². The van der Waals surface area contributed by atoms with Gasteiger partial charge in [0.25, 0.3) is 6.43 Å². The van der Waals surface area contributed by atoms with Gasteiger partial charge in [-0.3, -0.25) is 4.68 Å². The molecule has 0 amide bonds. The van der Waals surface area contributed by atoms with Gasteiger partial charge in [-0.15, -0.1) is 0 Å². The highest BCUT2D eigenvalue weighted by Gasteiger charge is 2.21. The largest absolute Gasteiger partial charge is 0.263 e. The summed E-state index contributed by atoms with van der Waals surface area (Å²) in [7, 11) is 0. The molecule has 0 saturated carbocycles. The number of hydrogen-bond acceptors (Lipinski definition) is 1. The molecule has 0 radical (unpaired) electrons. The monoisotopic (exact) mass is 164 g/mol. The highest BCUT2D eigenvalue weighted by atomic mass is 19.3. The molecule has 0 spiro atoms. The lowest BCUT2D eigenvalue weighted by molar-refractivity contribution is 0.0623. The maximum absolute atomic E-state index is 12.0. The van der Waals surface area contributed by atoms with Crippen molar-refractivity contribution in [3.8, 4) is 0 Å². The molecule has 1 aromatic heterocycles. The third kappa shape index (κ3) is 1.72. The van der Waals surface area contributed by atoms with E-state index in [0.29, 0.717) is 0 Å². The van der Waals surface area contributed by atoms with Crippen molar-refractivity contribution in [3.05, 3.63) is 18.5 Å². The average Bonchev–Trinajstić information content (AvgIpc) is 2.40. The van der Waals surface area contributed by atoms with Gasteiger partial charge in [0, 0.05) is 12.4 Å². The number of aromatic nitrogens is 2. The van der Waals surface area contributed by atoms with Crippen molar-refractivity contribution in [2.75, 3.05) is 6.67 Å². The normalized spacial score (nSPS) is 13.8. The first-order chi connectivity index (χ1) is 5.25. The molecule has 1 atom stereocenters. The molecule has 0 N–H and O–H groups in total. The van der Waals surface area contributed by atoms with Crippen LogP contribution in [-0.4, -0.2) is 22.9 Å². The molecule has 1 unspecified atom stereocenters. The van der Waals surface area contributed by atoms with Crippen molar-refractivity contribution in [1.29, 1.82) is 0 Å². The molecule has 0 saturated heterocycles. The number of halogens is 3. The molecular weight excluding hydrogens is 157 g/mol. The Balaban J connectivity index is 2.71. The molecule has 62 valence electrons. The van der Waals surface area contributed by atoms with E-state index in [4.69, 9.17) is 0 Å². The zero-order valence-electron chi connectivity index (χ0n) is 5.62. The summed E-state index contributed by atoms with van der Waals surface area (Å²) in [5.74, 6) is 0. The molecule has 0 aromatic carbocycles. The fraction of sp³-hybridized carbons (Fsp3) is 0.500. The minimum atomic E-state index is -2.71. The van der Waals surface area contributed by atoms with Crippen LogP contribution in [0, 0.1) is 0 Å². The Labute approximate surface area is 61.6 Å². The second kappa shape index (κ2) is 3.41. The lowest BCUT2D eigenvalue weighted by Gasteiger charge is -2.11. The zero-order valence-corrected chi connectivity index (χ0v) is 5.62. The molecule has 5 heteroatoms. The third-order valence-electron chi connectivity index (χ3n) is 1.31. The van der Waals surface area contributed by atoms with Crippen LogP contribution in [0.15, 0.2) is 18.5 Å². The standard InChI is InChI=1S/C6H7F3N2/c7-4-5(6(8)9)11-3-1-2-10-11/h1-3,5-6H,4H2. The van der Waals surface area contributed by atoms with Crippen molar-refractivity contribution in [2.24, 2.45) is 0 Å². The second-order valence-electron chi connectivity index (χ2n) is 2.04. The summed E-state index contributed by atoms with van der Waals surface area (Å²) in [5, 5.41) is 3.51. The quantitative estimate of drug-likeness (QED) is 0.664. The summed E-state index contributed by atoms with van der Waals surface area (Å²) in [6.07, 6.45) is -0.0542. The Hall–Kier alpha value is -1.00. The highest BCUT2D eigenvalue weighted by molar-refractivity contribution is 4.82. The van der Waals surface area contributed by atoms with E-state index in [1.165, 1.54) is 18.5 Å². The zero-order chi connectivity index (χ0) is 8.27. The molecule has 0 fully saturated rings. The second-order valence-corrected chi connectivity index (χ2v) is 2.04. The van der Waals surface area contributed by atoms with E-state index in [1.54, 1.807) is 0 Å². The van der Waals surface area contributed by atoms with E-state index in [-0.39, 0.29) is 0 Å². The summed E-state index contributed by atoms with van der Waals surface area (Å²) in [4.78, 5) is 0. The van der Waals surface area contributed by atoms with E-state index >= 15 is 0 Å². The van der Waals surface area contributed by atoms with Gasteiger partial charge in [0.1, 0.15) is 12.7 Å². The Morgan fingerprint density at radius 3 is 2.55 bits per heavy atom. The van der Waals surface area contributed by atoms with Gasteiger partial charge in [0.2, 0.25) is 0 Å². The fourth-order valence-electron chi connectivity index (χ4n) is 0.730. The average molecular weight is 164 g/mol. The molecule has 0 bridgehead atoms. The molecule has 1 rings (SSSR count). The van der Waals surface area contributed by atoms with Gasteiger partial charge in [-0.2, -0.15) is 5.10 Å². The van der Waals surface area contributed by atoms with Crippen molar-refractivity contribution < 1.29 is 13.2 Å².